The van der Waals surface area contributed by atoms with Gasteiger partial charge >= 0.3 is 0 Å². The van der Waals surface area contributed by atoms with E-state index in [0.29, 0.717) is 24.1 Å². The Morgan fingerprint density at radius 3 is 3.00 bits per heavy atom. The molecule has 5 rings (SSSR count). The molecule has 1 amide bonds. The molecule has 0 bridgehead atoms. The van der Waals surface area contributed by atoms with Crippen LogP contribution >= 0.6 is 0 Å². The number of rotatable bonds is 3. The molecule has 1 aliphatic heterocycles. The van der Waals surface area contributed by atoms with Gasteiger partial charge in [0, 0.05) is 42.9 Å². The van der Waals surface area contributed by atoms with E-state index in [1.54, 1.807) is 6.20 Å². The van der Waals surface area contributed by atoms with E-state index >= 15 is 0 Å². The number of likely N-dealkylation sites (tertiary alicyclic amines) is 1. The molecule has 25 heavy (non-hydrogen) atoms. The lowest BCUT2D eigenvalue weighted by atomic mass is 9.94. The summed E-state index contributed by atoms with van der Waals surface area (Å²) in [5, 5.41) is 4.06. The number of hydrogen-bond donors (Lipinski definition) is 1. The maximum Gasteiger partial charge on any atom is 0.292 e. The zero-order chi connectivity index (χ0) is 16.8. The van der Waals surface area contributed by atoms with Crippen molar-refractivity contribution in [3.63, 3.8) is 0 Å². The zero-order valence-corrected chi connectivity index (χ0v) is 13.9. The Kier molecular flexibility index (Phi) is 3.36. The van der Waals surface area contributed by atoms with Crippen molar-refractivity contribution in [1.29, 1.82) is 0 Å². The van der Waals surface area contributed by atoms with Crippen LogP contribution in [0.2, 0.25) is 0 Å². The van der Waals surface area contributed by atoms with Gasteiger partial charge in [-0.25, -0.2) is 0 Å². The van der Waals surface area contributed by atoms with Gasteiger partial charge in [0.05, 0.1) is 16.7 Å². The lowest BCUT2D eigenvalue weighted by Crippen LogP contribution is -2.39. The Bertz CT molecular complexity index is 891. The fourth-order valence-corrected chi connectivity index (χ4v) is 3.73. The molecule has 3 aromatic heterocycles. The number of H-pyrrole nitrogens is 1. The van der Waals surface area contributed by atoms with Crippen molar-refractivity contribution in [2.75, 3.05) is 13.1 Å². The summed E-state index contributed by atoms with van der Waals surface area (Å²) < 4.78 is 5.31. The summed E-state index contributed by atoms with van der Waals surface area (Å²) >= 11 is 0. The summed E-state index contributed by atoms with van der Waals surface area (Å²) in [5.74, 6) is 1.13. The van der Waals surface area contributed by atoms with Gasteiger partial charge in [-0.3, -0.25) is 9.78 Å². The van der Waals surface area contributed by atoms with Gasteiger partial charge in [-0.1, -0.05) is 5.16 Å². The van der Waals surface area contributed by atoms with Crippen LogP contribution < -0.4 is 0 Å². The standard InChI is InChI=1S/C19H20N4O2/c24-19(18-10-16(22-25-18)12-5-6-12)23-8-2-3-13(11-23)15-9-17-14(21-15)4-1-7-20-17/h1,4,7,9-10,12-13,21H,2-3,5-6,8,11H2. The number of nitrogens with zero attached hydrogens (tertiary/aromatic N) is 3. The molecule has 1 atom stereocenters. The van der Waals surface area contributed by atoms with Gasteiger partial charge < -0.3 is 14.4 Å². The Morgan fingerprint density at radius 2 is 2.16 bits per heavy atom. The Morgan fingerprint density at radius 1 is 1.24 bits per heavy atom. The fraction of sp³-hybridized carbons (Fsp3) is 0.421. The quantitative estimate of drug-likeness (QED) is 0.795. The summed E-state index contributed by atoms with van der Waals surface area (Å²) in [5.41, 5.74) is 4.11. The predicted molar refractivity (Wildman–Crippen MR) is 92.5 cm³/mol. The van der Waals surface area contributed by atoms with Crippen molar-refractivity contribution in [3.8, 4) is 0 Å². The fourth-order valence-electron chi connectivity index (χ4n) is 3.73. The van der Waals surface area contributed by atoms with Crippen molar-refractivity contribution >= 4 is 16.9 Å². The van der Waals surface area contributed by atoms with E-state index < -0.39 is 0 Å². The van der Waals surface area contributed by atoms with Gasteiger partial charge in [-0.2, -0.15) is 0 Å². The number of aromatic nitrogens is 3. The molecule has 6 nitrogen and oxygen atoms in total. The van der Waals surface area contributed by atoms with Crippen molar-refractivity contribution < 1.29 is 9.32 Å². The van der Waals surface area contributed by atoms with E-state index in [1.807, 2.05) is 23.1 Å². The second-order valence-corrected chi connectivity index (χ2v) is 7.14. The molecule has 128 valence electrons. The molecule has 1 unspecified atom stereocenters. The first kappa shape index (κ1) is 14.7. The number of carbonyl (C=O) groups excluding carboxylic acids is 1. The summed E-state index contributed by atoms with van der Waals surface area (Å²) in [7, 11) is 0. The molecule has 3 aromatic rings. The number of fused-ring (bicyclic) bond motifs is 1. The minimum atomic E-state index is -0.0432. The Hall–Kier alpha value is -2.63. The minimum absolute atomic E-state index is 0.0432. The first-order valence-electron chi connectivity index (χ1n) is 8.97. The number of hydrogen-bond acceptors (Lipinski definition) is 4. The van der Waals surface area contributed by atoms with E-state index in [4.69, 9.17) is 4.52 Å². The number of carbonyl (C=O) groups is 1. The molecule has 0 spiro atoms. The topological polar surface area (TPSA) is 75.0 Å². The SMILES string of the molecule is O=C(c1cc(C2CC2)no1)N1CCCC(c2cc3ncccc3[nH]2)C1. The van der Waals surface area contributed by atoms with Gasteiger partial charge in [0.1, 0.15) is 0 Å². The first-order chi connectivity index (χ1) is 12.3. The molecule has 6 heteroatoms. The maximum atomic E-state index is 12.8. The average molecular weight is 336 g/mol. The molecular weight excluding hydrogens is 316 g/mol. The zero-order valence-electron chi connectivity index (χ0n) is 13.9. The van der Waals surface area contributed by atoms with Gasteiger partial charge in [-0.05, 0) is 43.9 Å². The van der Waals surface area contributed by atoms with Crippen molar-refractivity contribution in [2.24, 2.45) is 0 Å². The second-order valence-electron chi connectivity index (χ2n) is 7.14. The largest absolute Gasteiger partial charge is 0.357 e. The molecule has 1 N–H and O–H groups in total. The van der Waals surface area contributed by atoms with E-state index in [0.717, 1.165) is 54.6 Å². The molecule has 1 saturated carbocycles. The third-order valence-corrected chi connectivity index (χ3v) is 5.29. The maximum absolute atomic E-state index is 12.8. The van der Waals surface area contributed by atoms with E-state index in [9.17, 15) is 4.79 Å². The predicted octanol–water partition coefficient (Wildman–Crippen LogP) is 3.45. The van der Waals surface area contributed by atoms with Crippen LogP contribution in [0, 0.1) is 0 Å². The lowest BCUT2D eigenvalue weighted by Gasteiger charge is -2.31. The Labute approximate surface area is 145 Å². The van der Waals surface area contributed by atoms with Crippen molar-refractivity contribution in [2.45, 2.75) is 37.5 Å². The van der Waals surface area contributed by atoms with Gasteiger partial charge in [0.15, 0.2) is 0 Å². The molecule has 0 aromatic carbocycles. The van der Waals surface area contributed by atoms with Crippen LogP contribution in [0.4, 0.5) is 0 Å². The van der Waals surface area contributed by atoms with Gasteiger partial charge in [0.25, 0.3) is 5.91 Å². The Balaban J connectivity index is 1.35. The third-order valence-electron chi connectivity index (χ3n) is 5.29. The van der Waals surface area contributed by atoms with Gasteiger partial charge in [0.2, 0.25) is 5.76 Å². The molecule has 0 radical (unpaired) electrons. The number of pyridine rings is 1. The summed E-state index contributed by atoms with van der Waals surface area (Å²) in [4.78, 5) is 22.5. The molecule has 2 fully saturated rings. The van der Waals surface area contributed by atoms with E-state index in [1.165, 1.54) is 0 Å². The summed E-state index contributed by atoms with van der Waals surface area (Å²) in [6.07, 6.45) is 6.17. The van der Waals surface area contributed by atoms with Gasteiger partial charge in [-0.15, -0.1) is 0 Å². The van der Waals surface area contributed by atoms with Crippen LogP contribution in [0.1, 0.15) is 59.5 Å². The summed E-state index contributed by atoms with van der Waals surface area (Å²) in [6.45, 7) is 1.47. The van der Waals surface area contributed by atoms with Crippen LogP contribution in [0.25, 0.3) is 11.0 Å². The van der Waals surface area contributed by atoms with E-state index in [-0.39, 0.29) is 5.91 Å². The number of nitrogens with one attached hydrogen (secondary N) is 1. The highest BCUT2D eigenvalue weighted by Crippen LogP contribution is 2.39. The third kappa shape index (κ3) is 2.71. The number of aromatic amines is 1. The monoisotopic (exact) mass is 336 g/mol. The normalized spacial score (nSPS) is 21.0. The van der Waals surface area contributed by atoms with Crippen LogP contribution in [0.5, 0.6) is 0 Å². The highest BCUT2D eigenvalue weighted by atomic mass is 16.5. The molecule has 2 aliphatic rings. The lowest BCUT2D eigenvalue weighted by molar-refractivity contribution is 0.0664. The molecule has 1 aliphatic carbocycles. The van der Waals surface area contributed by atoms with Crippen LogP contribution in [0.3, 0.4) is 0 Å². The van der Waals surface area contributed by atoms with Crippen molar-refractivity contribution in [3.05, 3.63) is 47.6 Å². The first-order valence-corrected chi connectivity index (χ1v) is 8.97. The minimum Gasteiger partial charge on any atom is -0.357 e. The highest BCUT2D eigenvalue weighted by Gasteiger charge is 2.31. The van der Waals surface area contributed by atoms with E-state index in [2.05, 4.69) is 21.2 Å². The highest BCUT2D eigenvalue weighted by molar-refractivity contribution is 5.91. The number of amides is 1. The summed E-state index contributed by atoms with van der Waals surface area (Å²) in [6, 6.07) is 7.90. The molecule has 1 saturated heterocycles. The average Bonchev–Trinajstić information content (AvgIpc) is 3.22. The van der Waals surface area contributed by atoms with Crippen LogP contribution in [0.15, 0.2) is 35.0 Å². The smallest absolute Gasteiger partial charge is 0.292 e. The van der Waals surface area contributed by atoms with Crippen LogP contribution in [-0.4, -0.2) is 39.0 Å². The number of piperidine rings is 1. The molecule has 4 heterocycles. The van der Waals surface area contributed by atoms with Crippen LogP contribution in [-0.2, 0) is 0 Å². The molecular formula is C19H20N4O2. The second kappa shape index (κ2) is 5.72. The van der Waals surface area contributed by atoms with Crippen molar-refractivity contribution in [1.82, 2.24) is 20.0 Å².